The summed E-state index contributed by atoms with van der Waals surface area (Å²) in [5.74, 6) is -0.280. The largest absolute Gasteiger partial charge is 0.503 e. The van der Waals surface area contributed by atoms with Gasteiger partial charge in [0.05, 0.1) is 6.20 Å². The Morgan fingerprint density at radius 2 is 1.95 bits per heavy atom. The second kappa shape index (κ2) is 6.14. The monoisotopic (exact) mass is 282 g/mol. The van der Waals surface area contributed by atoms with Gasteiger partial charge in [-0.1, -0.05) is 12.1 Å². The van der Waals surface area contributed by atoms with Crippen molar-refractivity contribution in [3.8, 4) is 11.5 Å². The number of halogens is 2. The predicted molar refractivity (Wildman–Crippen MR) is 66.9 cm³/mol. The van der Waals surface area contributed by atoms with Crippen molar-refractivity contribution in [3.63, 3.8) is 0 Å². The van der Waals surface area contributed by atoms with E-state index in [1.165, 1.54) is 24.4 Å². The van der Waals surface area contributed by atoms with Crippen LogP contribution in [0.3, 0.4) is 0 Å². The van der Waals surface area contributed by atoms with Gasteiger partial charge >= 0.3 is 12.2 Å². The molecule has 0 aliphatic rings. The number of aromatic hydroxyl groups is 1. The Morgan fingerprint density at radius 1 is 1.25 bits per heavy atom. The first-order valence-corrected chi connectivity index (χ1v) is 5.85. The summed E-state index contributed by atoms with van der Waals surface area (Å²) in [5.41, 5.74) is 0.272. The molecule has 0 atom stereocenters. The van der Waals surface area contributed by atoms with Crippen LogP contribution in [0.5, 0.6) is 11.5 Å². The smallest absolute Gasteiger partial charge is 0.387 e. The first-order chi connectivity index (χ1) is 9.56. The quantitative estimate of drug-likeness (QED) is 0.908. The van der Waals surface area contributed by atoms with Crippen LogP contribution in [0, 0.1) is 0 Å². The van der Waals surface area contributed by atoms with Gasteiger partial charge in [-0.15, -0.1) is 0 Å². The number of aryl methyl sites for hydroxylation is 2. The summed E-state index contributed by atoms with van der Waals surface area (Å²) in [7, 11) is 0. The van der Waals surface area contributed by atoms with Crippen LogP contribution in [0.1, 0.15) is 5.56 Å². The molecule has 0 saturated carbocycles. The average Bonchev–Trinajstić information content (AvgIpc) is 2.41. The van der Waals surface area contributed by atoms with Crippen LogP contribution in [0.4, 0.5) is 8.78 Å². The Labute approximate surface area is 113 Å². The third-order valence-electron chi connectivity index (χ3n) is 2.65. The highest BCUT2D eigenvalue weighted by Gasteiger charge is 2.05. The minimum Gasteiger partial charge on any atom is -0.503 e. The van der Waals surface area contributed by atoms with Crippen molar-refractivity contribution in [2.24, 2.45) is 0 Å². The molecule has 0 fully saturated rings. The molecule has 5 nitrogen and oxygen atoms in total. The zero-order valence-corrected chi connectivity index (χ0v) is 10.4. The minimum atomic E-state index is -2.85. The molecular formula is C13H12F2N2O3. The Balaban J connectivity index is 2.00. The lowest BCUT2D eigenvalue weighted by Crippen LogP contribution is -2.22. The van der Waals surface area contributed by atoms with Gasteiger partial charge in [0.1, 0.15) is 5.75 Å². The molecule has 0 saturated heterocycles. The van der Waals surface area contributed by atoms with E-state index in [1.54, 1.807) is 12.1 Å². The van der Waals surface area contributed by atoms with Crippen molar-refractivity contribution in [3.05, 3.63) is 52.4 Å². The maximum atomic E-state index is 12.0. The van der Waals surface area contributed by atoms with E-state index in [9.17, 15) is 18.7 Å². The normalized spacial score (nSPS) is 10.8. The second-order valence-electron chi connectivity index (χ2n) is 4.02. The van der Waals surface area contributed by atoms with Gasteiger partial charge in [0.15, 0.2) is 5.75 Å². The maximum absolute atomic E-state index is 12.0. The molecule has 1 heterocycles. The Kier molecular flexibility index (Phi) is 4.29. The van der Waals surface area contributed by atoms with E-state index in [4.69, 9.17) is 0 Å². The van der Waals surface area contributed by atoms with Crippen LogP contribution in [-0.2, 0) is 13.0 Å². The van der Waals surface area contributed by atoms with E-state index in [0.29, 0.717) is 6.42 Å². The van der Waals surface area contributed by atoms with Crippen molar-refractivity contribution in [2.75, 3.05) is 0 Å². The van der Waals surface area contributed by atoms with Gasteiger partial charge < -0.3 is 9.84 Å². The van der Waals surface area contributed by atoms with Crippen molar-refractivity contribution < 1.29 is 18.6 Å². The molecule has 106 valence electrons. The molecule has 0 spiro atoms. The molecule has 0 amide bonds. The molecular weight excluding hydrogens is 270 g/mol. The molecule has 1 aromatic carbocycles. The molecule has 1 N–H and O–H groups in total. The lowest BCUT2D eigenvalue weighted by Gasteiger charge is -2.07. The van der Waals surface area contributed by atoms with Crippen LogP contribution in [0.2, 0.25) is 0 Å². The fraction of sp³-hybridized carbons (Fsp3) is 0.231. The van der Waals surface area contributed by atoms with Crippen molar-refractivity contribution in [1.82, 2.24) is 9.78 Å². The molecule has 0 unspecified atom stereocenters. The number of ether oxygens (including phenoxy) is 1. The SMILES string of the molecule is O=c1c(O)ccnn1CCc1ccc(OC(F)F)cc1. The number of benzene rings is 1. The van der Waals surface area contributed by atoms with E-state index >= 15 is 0 Å². The summed E-state index contributed by atoms with van der Waals surface area (Å²) >= 11 is 0. The lowest BCUT2D eigenvalue weighted by molar-refractivity contribution is -0.0498. The highest BCUT2D eigenvalue weighted by molar-refractivity contribution is 5.27. The van der Waals surface area contributed by atoms with Gasteiger partial charge in [-0.3, -0.25) is 4.79 Å². The zero-order chi connectivity index (χ0) is 14.5. The second-order valence-corrected chi connectivity index (χ2v) is 4.02. The van der Waals surface area contributed by atoms with Crippen molar-refractivity contribution in [2.45, 2.75) is 19.6 Å². The van der Waals surface area contributed by atoms with Crippen LogP contribution in [0.15, 0.2) is 41.3 Å². The van der Waals surface area contributed by atoms with Gasteiger partial charge in [-0.25, -0.2) is 4.68 Å². The first kappa shape index (κ1) is 14.0. The van der Waals surface area contributed by atoms with Gasteiger partial charge in [0, 0.05) is 12.6 Å². The number of nitrogens with zero attached hydrogens (tertiary/aromatic N) is 2. The fourth-order valence-electron chi connectivity index (χ4n) is 1.67. The summed E-state index contributed by atoms with van der Waals surface area (Å²) in [4.78, 5) is 11.5. The summed E-state index contributed by atoms with van der Waals surface area (Å²) in [6.07, 6.45) is 1.81. The Hall–Kier alpha value is -2.44. The third kappa shape index (κ3) is 3.53. The van der Waals surface area contributed by atoms with Crippen molar-refractivity contribution >= 4 is 0 Å². The lowest BCUT2D eigenvalue weighted by atomic mass is 10.1. The van der Waals surface area contributed by atoms with Gasteiger partial charge in [-0.05, 0) is 24.1 Å². The van der Waals surface area contributed by atoms with Crippen LogP contribution >= 0.6 is 0 Å². The number of aromatic nitrogens is 2. The highest BCUT2D eigenvalue weighted by Crippen LogP contribution is 2.15. The summed E-state index contributed by atoms with van der Waals surface area (Å²) in [6.45, 7) is -2.57. The van der Waals surface area contributed by atoms with Crippen LogP contribution in [0.25, 0.3) is 0 Å². The fourth-order valence-corrected chi connectivity index (χ4v) is 1.67. The molecule has 2 rings (SSSR count). The van der Waals surface area contributed by atoms with Gasteiger partial charge in [-0.2, -0.15) is 13.9 Å². The molecule has 7 heteroatoms. The van der Waals surface area contributed by atoms with E-state index in [0.717, 1.165) is 10.2 Å². The molecule has 0 aliphatic carbocycles. The summed E-state index contributed by atoms with van der Waals surface area (Å²) in [5, 5.41) is 13.1. The number of alkyl halides is 2. The van der Waals surface area contributed by atoms with Crippen LogP contribution < -0.4 is 10.3 Å². The third-order valence-corrected chi connectivity index (χ3v) is 2.65. The van der Waals surface area contributed by atoms with E-state index in [-0.39, 0.29) is 18.0 Å². The Bertz CT molecular complexity index is 626. The van der Waals surface area contributed by atoms with Gasteiger partial charge in [0.25, 0.3) is 0 Å². The molecule has 0 radical (unpaired) electrons. The number of hydrogen-bond acceptors (Lipinski definition) is 4. The average molecular weight is 282 g/mol. The molecule has 0 aliphatic heterocycles. The summed E-state index contributed by atoms with van der Waals surface area (Å²) in [6, 6.07) is 7.34. The maximum Gasteiger partial charge on any atom is 0.387 e. The van der Waals surface area contributed by atoms with Gasteiger partial charge in [0.2, 0.25) is 0 Å². The number of rotatable bonds is 5. The minimum absolute atomic E-state index is 0.0800. The molecule has 1 aromatic heterocycles. The first-order valence-electron chi connectivity index (χ1n) is 5.85. The van der Waals surface area contributed by atoms with E-state index in [2.05, 4.69) is 9.84 Å². The predicted octanol–water partition coefficient (Wildman–Crippen LogP) is 1.79. The molecule has 0 bridgehead atoms. The Morgan fingerprint density at radius 3 is 2.60 bits per heavy atom. The molecule has 20 heavy (non-hydrogen) atoms. The zero-order valence-electron chi connectivity index (χ0n) is 10.4. The topological polar surface area (TPSA) is 64.3 Å². The number of hydrogen-bond donors (Lipinski definition) is 1. The van der Waals surface area contributed by atoms with E-state index < -0.39 is 12.2 Å². The summed E-state index contributed by atoms with van der Waals surface area (Å²) < 4.78 is 29.3. The van der Waals surface area contributed by atoms with E-state index in [1.807, 2.05) is 0 Å². The highest BCUT2D eigenvalue weighted by atomic mass is 19.3. The molecule has 2 aromatic rings. The van der Waals surface area contributed by atoms with Crippen LogP contribution in [-0.4, -0.2) is 21.5 Å². The van der Waals surface area contributed by atoms with Crippen molar-refractivity contribution in [1.29, 1.82) is 0 Å². The standard InChI is InChI=1S/C13H12F2N2O3/c14-13(15)20-10-3-1-9(2-4-10)6-8-17-12(19)11(18)5-7-16-17/h1-5,7,13,18H,6,8H2.